The molecule has 0 aromatic heterocycles. The number of carboxylic acid groups (broad SMARTS) is 1. The summed E-state index contributed by atoms with van der Waals surface area (Å²) >= 11 is 0. The Morgan fingerprint density at radius 1 is 1.40 bits per heavy atom. The highest BCUT2D eigenvalue weighted by Gasteiger charge is 2.48. The molecule has 0 radical (unpaired) electrons. The molecular formula is C14H17NO5. The van der Waals surface area contributed by atoms with Crippen LogP contribution in [0.4, 0.5) is 5.69 Å². The highest BCUT2D eigenvalue weighted by molar-refractivity contribution is 5.99. The summed E-state index contributed by atoms with van der Waals surface area (Å²) in [4.78, 5) is 22.7. The molecular weight excluding hydrogens is 262 g/mol. The molecule has 2 unspecified atom stereocenters. The van der Waals surface area contributed by atoms with Gasteiger partial charge in [-0.3, -0.25) is 9.59 Å². The summed E-state index contributed by atoms with van der Waals surface area (Å²) in [5.74, 6) is -1.14. The number of carbonyl (C=O) groups excluding carboxylic acids is 1. The summed E-state index contributed by atoms with van der Waals surface area (Å²) in [6.07, 6.45) is 0.384. The number of rotatable bonds is 6. The maximum atomic E-state index is 12.0. The van der Waals surface area contributed by atoms with E-state index in [2.05, 4.69) is 5.32 Å². The lowest BCUT2D eigenvalue weighted by molar-refractivity contribution is -0.139. The van der Waals surface area contributed by atoms with Crippen LogP contribution in [-0.2, 0) is 9.59 Å². The number of carboxylic acids is 1. The molecule has 1 fully saturated rings. The number of anilines is 1. The van der Waals surface area contributed by atoms with Gasteiger partial charge in [-0.1, -0.05) is 0 Å². The van der Waals surface area contributed by atoms with E-state index in [1.165, 1.54) is 7.11 Å². The first-order valence-electron chi connectivity index (χ1n) is 6.41. The maximum absolute atomic E-state index is 12.0. The van der Waals surface area contributed by atoms with E-state index in [1.807, 2.05) is 6.92 Å². The SMILES string of the molecule is CCOc1ccc(OC)cc1NC(=O)C1CC1C(=O)O. The smallest absolute Gasteiger partial charge is 0.307 e. The van der Waals surface area contributed by atoms with E-state index in [1.54, 1.807) is 18.2 Å². The second-order valence-electron chi connectivity index (χ2n) is 4.57. The van der Waals surface area contributed by atoms with Crippen LogP contribution in [0.3, 0.4) is 0 Å². The van der Waals surface area contributed by atoms with Crippen LogP contribution in [0.5, 0.6) is 11.5 Å². The van der Waals surface area contributed by atoms with E-state index in [0.29, 0.717) is 30.2 Å². The van der Waals surface area contributed by atoms with Crippen molar-refractivity contribution in [1.29, 1.82) is 0 Å². The summed E-state index contributed by atoms with van der Waals surface area (Å²) in [5.41, 5.74) is 0.493. The number of aliphatic carboxylic acids is 1. The van der Waals surface area contributed by atoms with Crippen molar-refractivity contribution in [2.75, 3.05) is 19.0 Å². The lowest BCUT2D eigenvalue weighted by atomic mass is 10.2. The van der Waals surface area contributed by atoms with Gasteiger partial charge in [0.25, 0.3) is 0 Å². The van der Waals surface area contributed by atoms with Gasteiger partial charge in [0.1, 0.15) is 11.5 Å². The molecule has 6 nitrogen and oxygen atoms in total. The molecule has 0 saturated heterocycles. The molecule has 0 bridgehead atoms. The van der Waals surface area contributed by atoms with Crippen molar-refractivity contribution in [2.45, 2.75) is 13.3 Å². The normalized spacial score (nSPS) is 20.1. The second-order valence-corrected chi connectivity index (χ2v) is 4.57. The molecule has 0 spiro atoms. The summed E-state index contributed by atoms with van der Waals surface area (Å²) in [7, 11) is 1.53. The number of nitrogens with one attached hydrogen (secondary N) is 1. The first-order chi connectivity index (χ1) is 9.56. The molecule has 1 aliphatic rings. The lowest BCUT2D eigenvalue weighted by Crippen LogP contribution is -2.17. The van der Waals surface area contributed by atoms with Gasteiger partial charge >= 0.3 is 5.97 Å². The molecule has 1 aliphatic carbocycles. The lowest BCUT2D eigenvalue weighted by Gasteiger charge is -2.12. The molecule has 1 aromatic rings. The van der Waals surface area contributed by atoms with Crippen molar-refractivity contribution in [2.24, 2.45) is 11.8 Å². The van der Waals surface area contributed by atoms with Crippen molar-refractivity contribution >= 4 is 17.6 Å². The number of carbonyl (C=O) groups is 2. The van der Waals surface area contributed by atoms with Crippen molar-refractivity contribution in [3.63, 3.8) is 0 Å². The average Bonchev–Trinajstić information content (AvgIpc) is 3.21. The summed E-state index contributed by atoms with van der Waals surface area (Å²) in [6, 6.07) is 5.10. The van der Waals surface area contributed by atoms with Gasteiger partial charge in [0.05, 0.1) is 31.2 Å². The topological polar surface area (TPSA) is 84.9 Å². The predicted molar refractivity (Wildman–Crippen MR) is 72.0 cm³/mol. The number of hydrogen-bond donors (Lipinski definition) is 2. The van der Waals surface area contributed by atoms with Gasteiger partial charge in [0, 0.05) is 6.07 Å². The van der Waals surface area contributed by atoms with Crippen molar-refractivity contribution in [3.8, 4) is 11.5 Å². The Balaban J connectivity index is 2.11. The quantitative estimate of drug-likeness (QED) is 0.828. The van der Waals surface area contributed by atoms with Crippen LogP contribution in [0.15, 0.2) is 18.2 Å². The molecule has 2 N–H and O–H groups in total. The molecule has 2 rings (SSSR count). The van der Waals surface area contributed by atoms with Crippen molar-refractivity contribution in [1.82, 2.24) is 0 Å². The monoisotopic (exact) mass is 279 g/mol. The number of ether oxygens (including phenoxy) is 2. The minimum absolute atomic E-state index is 0.299. The third kappa shape index (κ3) is 3.01. The van der Waals surface area contributed by atoms with Gasteiger partial charge in [-0.15, -0.1) is 0 Å². The van der Waals surface area contributed by atoms with Crippen molar-refractivity contribution in [3.05, 3.63) is 18.2 Å². The second kappa shape index (κ2) is 5.81. The van der Waals surface area contributed by atoms with Crippen LogP contribution < -0.4 is 14.8 Å². The Kier molecular flexibility index (Phi) is 4.12. The largest absolute Gasteiger partial charge is 0.497 e. The van der Waals surface area contributed by atoms with E-state index in [9.17, 15) is 9.59 Å². The number of hydrogen-bond acceptors (Lipinski definition) is 4. The Labute approximate surface area is 116 Å². The van der Waals surface area contributed by atoms with Crippen LogP contribution in [0.1, 0.15) is 13.3 Å². The zero-order valence-corrected chi connectivity index (χ0v) is 11.4. The van der Waals surface area contributed by atoms with E-state index in [4.69, 9.17) is 14.6 Å². The first kappa shape index (κ1) is 14.2. The molecule has 1 aromatic carbocycles. The van der Waals surface area contributed by atoms with Gasteiger partial charge in [0.15, 0.2) is 0 Å². The van der Waals surface area contributed by atoms with E-state index < -0.39 is 17.8 Å². The highest BCUT2D eigenvalue weighted by Crippen LogP contribution is 2.40. The van der Waals surface area contributed by atoms with E-state index in [0.717, 1.165) is 0 Å². The van der Waals surface area contributed by atoms with Crippen LogP contribution in [0, 0.1) is 11.8 Å². The molecule has 2 atom stereocenters. The Morgan fingerprint density at radius 2 is 2.15 bits per heavy atom. The van der Waals surface area contributed by atoms with Gasteiger partial charge in [0.2, 0.25) is 5.91 Å². The summed E-state index contributed by atoms with van der Waals surface area (Å²) in [5, 5.41) is 11.5. The van der Waals surface area contributed by atoms with Crippen LogP contribution in [0.25, 0.3) is 0 Å². The van der Waals surface area contributed by atoms with Gasteiger partial charge in [-0.05, 0) is 25.5 Å². The average molecular weight is 279 g/mol. The van der Waals surface area contributed by atoms with Gasteiger partial charge < -0.3 is 19.9 Å². The maximum Gasteiger partial charge on any atom is 0.307 e. The van der Waals surface area contributed by atoms with Crippen LogP contribution in [0.2, 0.25) is 0 Å². The molecule has 1 amide bonds. The molecule has 0 heterocycles. The van der Waals surface area contributed by atoms with Gasteiger partial charge in [-0.25, -0.2) is 0 Å². The van der Waals surface area contributed by atoms with E-state index in [-0.39, 0.29) is 5.91 Å². The third-order valence-corrected chi connectivity index (χ3v) is 3.19. The Hall–Kier alpha value is -2.24. The predicted octanol–water partition coefficient (Wildman–Crippen LogP) is 1.75. The minimum Gasteiger partial charge on any atom is -0.497 e. The van der Waals surface area contributed by atoms with Crippen LogP contribution >= 0.6 is 0 Å². The zero-order valence-electron chi connectivity index (χ0n) is 11.4. The van der Waals surface area contributed by atoms with Crippen molar-refractivity contribution < 1.29 is 24.2 Å². The number of benzene rings is 1. The number of amides is 1. The fourth-order valence-electron chi connectivity index (χ4n) is 2.00. The van der Waals surface area contributed by atoms with Gasteiger partial charge in [-0.2, -0.15) is 0 Å². The molecule has 20 heavy (non-hydrogen) atoms. The summed E-state index contributed by atoms with van der Waals surface area (Å²) < 4.78 is 10.5. The third-order valence-electron chi connectivity index (χ3n) is 3.19. The Bertz CT molecular complexity index is 528. The first-order valence-corrected chi connectivity index (χ1v) is 6.41. The molecule has 1 saturated carbocycles. The summed E-state index contributed by atoms with van der Waals surface area (Å²) in [6.45, 7) is 2.31. The minimum atomic E-state index is -0.930. The fourth-order valence-corrected chi connectivity index (χ4v) is 2.00. The van der Waals surface area contributed by atoms with E-state index >= 15 is 0 Å². The van der Waals surface area contributed by atoms with Crippen LogP contribution in [-0.4, -0.2) is 30.7 Å². The molecule has 108 valence electrons. The standard InChI is InChI=1S/C14H17NO5/c1-3-20-12-5-4-8(19-2)6-11(12)15-13(16)9-7-10(9)14(17)18/h4-6,9-10H,3,7H2,1-2H3,(H,15,16)(H,17,18). The fraction of sp³-hybridized carbons (Fsp3) is 0.429. The Morgan fingerprint density at radius 3 is 2.70 bits per heavy atom. The zero-order chi connectivity index (χ0) is 14.7. The molecule has 0 aliphatic heterocycles. The molecule has 6 heteroatoms. The number of methoxy groups -OCH3 is 1. The highest BCUT2D eigenvalue weighted by atomic mass is 16.5.